The normalized spacial score (nSPS) is 30.7. The van der Waals surface area contributed by atoms with Crippen LogP contribution in [0.1, 0.15) is 86.6 Å². The topological polar surface area (TPSA) is 6.48 Å². The lowest BCUT2D eigenvalue weighted by Crippen LogP contribution is -2.55. The molecule has 0 spiro atoms. The first-order chi connectivity index (χ1) is 17.7. The van der Waals surface area contributed by atoms with Crippen molar-refractivity contribution in [3.63, 3.8) is 0 Å². The number of hydrogen-bond acceptors (Lipinski definition) is 2. The number of nitrogens with zero attached hydrogens (tertiary/aromatic N) is 2. The van der Waals surface area contributed by atoms with Gasteiger partial charge in [0, 0.05) is 11.7 Å². The summed E-state index contributed by atoms with van der Waals surface area (Å²) < 4.78 is 0. The third-order valence-corrected chi connectivity index (χ3v) is 10.2. The van der Waals surface area contributed by atoms with Crippen LogP contribution >= 0.6 is 0 Å². The fourth-order valence-electron chi connectivity index (χ4n) is 8.93. The molecular weight excluding hydrogens is 436 g/mol. The number of para-hydroxylation sites is 1. The number of hydrogen-bond donors (Lipinski definition) is 0. The predicted molar refractivity (Wildman–Crippen MR) is 149 cm³/mol. The maximum atomic E-state index is 3.09. The molecule has 7 rings (SSSR count). The van der Waals surface area contributed by atoms with Crippen molar-refractivity contribution in [2.45, 2.75) is 89.0 Å². The SMILES string of the molecule is Cc1ccccc1N1C(C2CCCC2)N2C(c3ccccc3C2(c2ccccc2)C2CCCC2)[C@@H]1C. The summed E-state index contributed by atoms with van der Waals surface area (Å²) in [6.45, 7) is 4.83. The Labute approximate surface area is 217 Å². The lowest BCUT2D eigenvalue weighted by molar-refractivity contribution is 0.0180. The molecule has 2 heteroatoms. The highest BCUT2D eigenvalue weighted by Crippen LogP contribution is 2.64. The Balaban J connectivity index is 1.52. The van der Waals surface area contributed by atoms with Crippen LogP contribution in [0.5, 0.6) is 0 Å². The van der Waals surface area contributed by atoms with Gasteiger partial charge in [-0.15, -0.1) is 0 Å². The van der Waals surface area contributed by atoms with Crippen molar-refractivity contribution in [3.8, 4) is 0 Å². The number of aryl methyl sites for hydroxylation is 1. The fourth-order valence-corrected chi connectivity index (χ4v) is 8.93. The minimum Gasteiger partial charge on any atom is -0.351 e. The largest absolute Gasteiger partial charge is 0.351 e. The maximum absolute atomic E-state index is 3.09. The highest BCUT2D eigenvalue weighted by Gasteiger charge is 2.64. The van der Waals surface area contributed by atoms with Crippen molar-refractivity contribution in [3.05, 3.63) is 101 Å². The van der Waals surface area contributed by atoms with E-state index >= 15 is 0 Å². The summed E-state index contributed by atoms with van der Waals surface area (Å²) in [4.78, 5) is 5.97. The summed E-state index contributed by atoms with van der Waals surface area (Å²) in [7, 11) is 0. The highest BCUT2D eigenvalue weighted by molar-refractivity contribution is 5.61. The van der Waals surface area contributed by atoms with Gasteiger partial charge in [0.05, 0.1) is 17.7 Å². The number of anilines is 1. The second-order valence-corrected chi connectivity index (χ2v) is 11.9. The minimum absolute atomic E-state index is 0.0437. The molecule has 3 unspecified atom stereocenters. The fraction of sp³-hybridized carbons (Fsp3) is 0.471. The predicted octanol–water partition coefficient (Wildman–Crippen LogP) is 8.21. The number of rotatable bonds is 4. The minimum atomic E-state index is -0.0437. The highest BCUT2D eigenvalue weighted by atomic mass is 15.5. The molecule has 0 amide bonds. The van der Waals surface area contributed by atoms with E-state index < -0.39 is 0 Å². The van der Waals surface area contributed by atoms with Crippen LogP contribution in [0.2, 0.25) is 0 Å². The average Bonchev–Trinajstić information content (AvgIpc) is 3.71. The van der Waals surface area contributed by atoms with Crippen LogP contribution in [-0.4, -0.2) is 17.1 Å². The summed E-state index contributed by atoms with van der Waals surface area (Å²) in [5.74, 6) is 1.38. The Morgan fingerprint density at radius 3 is 2.11 bits per heavy atom. The molecule has 2 nitrogen and oxygen atoms in total. The molecule has 1 saturated heterocycles. The first-order valence-electron chi connectivity index (χ1n) is 14.5. The van der Waals surface area contributed by atoms with Crippen LogP contribution in [0.3, 0.4) is 0 Å². The van der Waals surface area contributed by atoms with Gasteiger partial charge in [-0.3, -0.25) is 4.90 Å². The second kappa shape index (κ2) is 8.77. The van der Waals surface area contributed by atoms with Crippen molar-refractivity contribution >= 4 is 5.69 Å². The van der Waals surface area contributed by atoms with Gasteiger partial charge in [0.2, 0.25) is 0 Å². The van der Waals surface area contributed by atoms with Crippen molar-refractivity contribution in [2.75, 3.05) is 4.90 Å². The number of fused-ring (bicyclic) bond motifs is 3. The molecule has 0 radical (unpaired) electrons. The first-order valence-corrected chi connectivity index (χ1v) is 14.5. The van der Waals surface area contributed by atoms with Gasteiger partial charge in [-0.05, 0) is 79.7 Å². The van der Waals surface area contributed by atoms with Crippen LogP contribution < -0.4 is 4.90 Å². The smallest absolute Gasteiger partial charge is 0.0868 e. The van der Waals surface area contributed by atoms with Crippen molar-refractivity contribution in [1.82, 2.24) is 4.90 Å². The molecule has 186 valence electrons. The van der Waals surface area contributed by atoms with E-state index in [1.165, 1.54) is 68.2 Å². The Kier molecular flexibility index (Phi) is 5.51. The summed E-state index contributed by atoms with van der Waals surface area (Å²) in [6, 6.07) is 31.2. The average molecular weight is 477 g/mol. The maximum Gasteiger partial charge on any atom is 0.0868 e. The van der Waals surface area contributed by atoms with Crippen LogP contribution in [0.15, 0.2) is 78.9 Å². The van der Waals surface area contributed by atoms with Crippen LogP contribution in [0.4, 0.5) is 5.69 Å². The molecule has 3 fully saturated rings. The Morgan fingerprint density at radius 1 is 0.722 bits per heavy atom. The molecule has 2 heterocycles. The van der Waals surface area contributed by atoms with Gasteiger partial charge in [0.15, 0.2) is 0 Å². The van der Waals surface area contributed by atoms with Gasteiger partial charge in [-0.2, -0.15) is 0 Å². The van der Waals surface area contributed by atoms with Crippen molar-refractivity contribution in [2.24, 2.45) is 11.8 Å². The zero-order chi connectivity index (χ0) is 24.3. The Morgan fingerprint density at radius 2 is 1.36 bits per heavy atom. The second-order valence-electron chi connectivity index (χ2n) is 11.9. The van der Waals surface area contributed by atoms with Gasteiger partial charge in [-0.1, -0.05) is 98.5 Å². The van der Waals surface area contributed by atoms with Gasteiger partial charge in [0.25, 0.3) is 0 Å². The quantitative estimate of drug-likeness (QED) is 0.374. The third-order valence-electron chi connectivity index (χ3n) is 10.2. The molecule has 3 aromatic carbocycles. The van der Waals surface area contributed by atoms with Crippen molar-refractivity contribution in [1.29, 1.82) is 0 Å². The summed E-state index contributed by atoms with van der Waals surface area (Å²) in [6.07, 6.45) is 11.3. The van der Waals surface area contributed by atoms with E-state index in [1.54, 1.807) is 11.1 Å². The monoisotopic (exact) mass is 476 g/mol. The van der Waals surface area contributed by atoms with Gasteiger partial charge >= 0.3 is 0 Å². The molecule has 0 aromatic heterocycles. The zero-order valence-corrected chi connectivity index (χ0v) is 21.9. The molecule has 2 aliphatic heterocycles. The molecule has 0 N–H and O–H groups in total. The Hall–Kier alpha value is -2.58. The van der Waals surface area contributed by atoms with E-state index in [0.29, 0.717) is 24.2 Å². The first kappa shape index (κ1) is 22.6. The molecule has 4 atom stereocenters. The standard InChI is InChI=1S/C34H40N2/c1-24-14-6-13-23-31(24)35-25(2)32-29-21-11-12-22-30(29)34(28-19-9-10-20-28,27-17-4-3-5-18-27)36(32)33(35)26-15-7-8-16-26/h3-6,11-14,17-18,21-23,25-26,28,32-33H,7-10,15-16,19-20H2,1-2H3/t25-,32?,33?,34?/m0/s1. The van der Waals surface area contributed by atoms with Crippen LogP contribution in [0.25, 0.3) is 0 Å². The van der Waals surface area contributed by atoms with E-state index in [1.807, 2.05) is 0 Å². The lowest BCUT2D eigenvalue weighted by Gasteiger charge is -2.50. The van der Waals surface area contributed by atoms with Gasteiger partial charge in [0.1, 0.15) is 0 Å². The van der Waals surface area contributed by atoms with E-state index in [9.17, 15) is 0 Å². The number of benzene rings is 3. The molecule has 0 bridgehead atoms. The summed E-state index contributed by atoms with van der Waals surface area (Å²) in [5, 5.41) is 0. The van der Waals surface area contributed by atoms with E-state index in [2.05, 4.69) is 103 Å². The van der Waals surface area contributed by atoms with E-state index in [4.69, 9.17) is 0 Å². The molecule has 2 aliphatic carbocycles. The van der Waals surface area contributed by atoms with Gasteiger partial charge in [-0.25, -0.2) is 0 Å². The van der Waals surface area contributed by atoms with E-state index in [-0.39, 0.29) is 5.54 Å². The van der Waals surface area contributed by atoms with E-state index in [0.717, 1.165) is 5.92 Å². The summed E-state index contributed by atoms with van der Waals surface area (Å²) >= 11 is 0. The molecule has 36 heavy (non-hydrogen) atoms. The molecule has 3 aromatic rings. The van der Waals surface area contributed by atoms with Crippen molar-refractivity contribution < 1.29 is 0 Å². The molecule has 2 saturated carbocycles. The third kappa shape index (κ3) is 3.06. The zero-order valence-electron chi connectivity index (χ0n) is 21.9. The molecule has 4 aliphatic rings. The lowest BCUT2D eigenvalue weighted by atomic mass is 9.71. The van der Waals surface area contributed by atoms with Crippen LogP contribution in [-0.2, 0) is 5.54 Å². The van der Waals surface area contributed by atoms with Crippen LogP contribution in [0, 0.1) is 18.8 Å². The summed E-state index contributed by atoms with van der Waals surface area (Å²) in [5.41, 5.74) is 7.52. The molecular formula is C34H40N2. The Bertz CT molecular complexity index is 1220. The van der Waals surface area contributed by atoms with Gasteiger partial charge < -0.3 is 4.90 Å².